The highest BCUT2D eigenvalue weighted by atomic mass is 32.1. The Hall–Kier alpha value is -2.67. The Balaban J connectivity index is 1.28. The van der Waals surface area contributed by atoms with Crippen LogP contribution in [0.3, 0.4) is 0 Å². The molecule has 0 radical (unpaired) electrons. The molecule has 0 bridgehead atoms. The number of hydrogen-bond donors (Lipinski definition) is 0. The molecule has 6 nitrogen and oxygen atoms in total. The van der Waals surface area contributed by atoms with E-state index in [1.54, 1.807) is 7.11 Å². The van der Waals surface area contributed by atoms with E-state index in [1.165, 1.54) is 39.9 Å². The zero-order valence-corrected chi connectivity index (χ0v) is 20.2. The fraction of sp³-hybridized carbons (Fsp3) is 0.500. The third-order valence-electron chi connectivity index (χ3n) is 7.28. The zero-order valence-electron chi connectivity index (χ0n) is 19.3. The summed E-state index contributed by atoms with van der Waals surface area (Å²) in [7, 11) is 1.63. The fourth-order valence-electron chi connectivity index (χ4n) is 5.15. The maximum atomic E-state index is 13.1. The first-order valence-electron chi connectivity index (χ1n) is 12.1. The molecule has 6 rings (SSSR count). The van der Waals surface area contributed by atoms with E-state index in [9.17, 15) is 4.79 Å². The van der Waals surface area contributed by atoms with E-state index >= 15 is 0 Å². The van der Waals surface area contributed by atoms with E-state index in [1.807, 2.05) is 40.5 Å². The van der Waals surface area contributed by atoms with Crippen LogP contribution in [0.2, 0.25) is 0 Å². The van der Waals surface area contributed by atoms with Gasteiger partial charge in [-0.1, -0.05) is 13.0 Å². The number of amides is 1. The zero-order chi connectivity index (χ0) is 22.5. The van der Waals surface area contributed by atoms with Gasteiger partial charge >= 0.3 is 0 Å². The quantitative estimate of drug-likeness (QED) is 0.564. The molecule has 172 valence electrons. The SMILES string of the molecule is COc1cccc(C(=O)N2CCN(c3nc(C4CC4)nc4sc5c(c34)CC[C@H](C)C5)CC2)c1. The van der Waals surface area contributed by atoms with Gasteiger partial charge in [0.25, 0.3) is 5.91 Å². The molecule has 33 heavy (non-hydrogen) atoms. The van der Waals surface area contributed by atoms with Crippen molar-refractivity contribution >= 4 is 33.3 Å². The average molecular weight is 463 g/mol. The molecule has 1 amide bonds. The molecule has 2 fully saturated rings. The van der Waals surface area contributed by atoms with Gasteiger partial charge in [0.05, 0.1) is 12.5 Å². The van der Waals surface area contributed by atoms with Crippen LogP contribution in [0.25, 0.3) is 10.2 Å². The minimum absolute atomic E-state index is 0.0713. The highest BCUT2D eigenvalue weighted by Crippen LogP contribution is 2.44. The molecule has 1 saturated heterocycles. The van der Waals surface area contributed by atoms with Gasteiger partial charge in [0.1, 0.15) is 22.2 Å². The Labute approximate surface area is 198 Å². The second-order valence-electron chi connectivity index (χ2n) is 9.72. The topological polar surface area (TPSA) is 58.6 Å². The minimum Gasteiger partial charge on any atom is -0.497 e. The summed E-state index contributed by atoms with van der Waals surface area (Å²) in [5, 5.41) is 1.29. The summed E-state index contributed by atoms with van der Waals surface area (Å²) >= 11 is 1.89. The molecule has 7 heteroatoms. The van der Waals surface area contributed by atoms with Crippen LogP contribution in [0.4, 0.5) is 5.82 Å². The third-order valence-corrected chi connectivity index (χ3v) is 8.43. The number of ether oxygens (including phenoxy) is 1. The molecule has 3 aromatic rings. The number of aromatic nitrogens is 2. The number of nitrogens with zero attached hydrogens (tertiary/aromatic N) is 4. The molecule has 2 aliphatic carbocycles. The lowest BCUT2D eigenvalue weighted by Crippen LogP contribution is -2.49. The van der Waals surface area contributed by atoms with Crippen molar-refractivity contribution in [1.82, 2.24) is 14.9 Å². The van der Waals surface area contributed by atoms with Gasteiger partial charge in [-0.05, 0) is 61.8 Å². The van der Waals surface area contributed by atoms with Crippen molar-refractivity contribution in [2.45, 2.75) is 44.9 Å². The lowest BCUT2D eigenvalue weighted by atomic mass is 9.89. The molecule has 3 aliphatic rings. The number of hydrogen-bond acceptors (Lipinski definition) is 6. The van der Waals surface area contributed by atoms with Crippen molar-refractivity contribution in [3.63, 3.8) is 0 Å². The monoisotopic (exact) mass is 462 g/mol. The number of methoxy groups -OCH3 is 1. The Morgan fingerprint density at radius 2 is 1.94 bits per heavy atom. The number of benzene rings is 1. The van der Waals surface area contributed by atoms with Gasteiger partial charge in [-0.15, -0.1) is 11.3 Å². The normalized spacial score (nSPS) is 20.7. The first kappa shape index (κ1) is 20.9. The first-order chi connectivity index (χ1) is 16.1. The van der Waals surface area contributed by atoms with Crippen LogP contribution in [0.15, 0.2) is 24.3 Å². The van der Waals surface area contributed by atoms with Gasteiger partial charge in [0.15, 0.2) is 0 Å². The largest absolute Gasteiger partial charge is 0.497 e. The number of carbonyl (C=O) groups excluding carboxylic acids is 1. The molecular weight excluding hydrogens is 432 g/mol. The van der Waals surface area contributed by atoms with Crippen LogP contribution in [-0.4, -0.2) is 54.1 Å². The van der Waals surface area contributed by atoms with Gasteiger partial charge < -0.3 is 14.5 Å². The molecule has 1 saturated carbocycles. The van der Waals surface area contributed by atoms with E-state index in [0.29, 0.717) is 30.3 Å². The van der Waals surface area contributed by atoms with Gasteiger partial charge in [-0.25, -0.2) is 9.97 Å². The summed E-state index contributed by atoms with van der Waals surface area (Å²) in [6.45, 7) is 5.35. The van der Waals surface area contributed by atoms with Gasteiger partial charge in [-0.3, -0.25) is 4.79 Å². The molecule has 2 aromatic heterocycles. The number of fused-ring (bicyclic) bond motifs is 3. The van der Waals surface area contributed by atoms with Crippen LogP contribution in [0.5, 0.6) is 5.75 Å². The van der Waals surface area contributed by atoms with E-state index in [4.69, 9.17) is 14.7 Å². The molecular formula is C26H30N4O2S. The standard InChI is InChI=1S/C26H30N4O2S/c1-16-6-9-20-21(14-16)33-25-22(20)24(27-23(28-25)17-7-8-17)29-10-12-30(13-11-29)26(31)18-4-3-5-19(15-18)32-2/h3-5,15-17H,6-14H2,1-2H3/t16-/m0/s1. The van der Waals surface area contributed by atoms with E-state index in [0.717, 1.165) is 43.5 Å². The van der Waals surface area contributed by atoms with Crippen LogP contribution in [0, 0.1) is 5.92 Å². The highest BCUT2D eigenvalue weighted by Gasteiger charge is 2.32. The third kappa shape index (κ3) is 3.86. The first-order valence-corrected chi connectivity index (χ1v) is 12.9. The average Bonchev–Trinajstić information content (AvgIpc) is 3.64. The second kappa shape index (κ2) is 8.28. The van der Waals surface area contributed by atoms with Gasteiger partial charge in [0, 0.05) is 42.5 Å². The smallest absolute Gasteiger partial charge is 0.254 e. The minimum atomic E-state index is 0.0713. The highest BCUT2D eigenvalue weighted by molar-refractivity contribution is 7.19. The Morgan fingerprint density at radius 3 is 2.70 bits per heavy atom. The fourth-order valence-corrected chi connectivity index (χ4v) is 6.54. The summed E-state index contributed by atoms with van der Waals surface area (Å²) in [5.41, 5.74) is 2.17. The molecule has 3 heterocycles. The maximum absolute atomic E-state index is 13.1. The molecule has 1 aliphatic heterocycles. The molecule has 0 unspecified atom stereocenters. The molecule has 1 atom stereocenters. The van der Waals surface area contributed by atoms with Gasteiger partial charge in [-0.2, -0.15) is 0 Å². The number of carbonyl (C=O) groups is 1. The predicted octanol–water partition coefficient (Wildman–Crippen LogP) is 4.66. The van der Waals surface area contributed by atoms with E-state index < -0.39 is 0 Å². The molecule has 0 N–H and O–H groups in total. The van der Waals surface area contributed by atoms with Crippen LogP contribution in [-0.2, 0) is 12.8 Å². The van der Waals surface area contributed by atoms with Crippen molar-refractivity contribution < 1.29 is 9.53 Å². The Kier molecular flexibility index (Phi) is 5.24. The Morgan fingerprint density at radius 1 is 1.12 bits per heavy atom. The van der Waals surface area contributed by atoms with Crippen molar-refractivity contribution in [3.8, 4) is 5.75 Å². The lowest BCUT2D eigenvalue weighted by Gasteiger charge is -2.36. The van der Waals surface area contributed by atoms with Crippen LogP contribution >= 0.6 is 11.3 Å². The second-order valence-corrected chi connectivity index (χ2v) is 10.8. The summed E-state index contributed by atoms with van der Waals surface area (Å²) in [6, 6.07) is 7.43. The van der Waals surface area contributed by atoms with Crippen molar-refractivity contribution in [2.24, 2.45) is 5.92 Å². The summed E-state index contributed by atoms with van der Waals surface area (Å²) in [5.74, 6) is 4.20. The predicted molar refractivity (Wildman–Crippen MR) is 132 cm³/mol. The van der Waals surface area contributed by atoms with Gasteiger partial charge in [0.2, 0.25) is 0 Å². The Bertz CT molecular complexity index is 1210. The number of aryl methyl sites for hydroxylation is 1. The van der Waals surface area contributed by atoms with E-state index in [-0.39, 0.29) is 5.91 Å². The van der Waals surface area contributed by atoms with Crippen LogP contribution in [0.1, 0.15) is 58.7 Å². The number of anilines is 1. The van der Waals surface area contributed by atoms with E-state index in [2.05, 4.69) is 11.8 Å². The molecule has 0 spiro atoms. The van der Waals surface area contributed by atoms with Crippen molar-refractivity contribution in [3.05, 3.63) is 46.1 Å². The summed E-state index contributed by atoms with van der Waals surface area (Å²) in [6.07, 6.45) is 5.94. The lowest BCUT2D eigenvalue weighted by molar-refractivity contribution is 0.0746. The maximum Gasteiger partial charge on any atom is 0.254 e. The molecule has 1 aromatic carbocycles. The number of rotatable bonds is 4. The number of thiophene rings is 1. The van der Waals surface area contributed by atoms with Crippen molar-refractivity contribution in [2.75, 3.05) is 38.2 Å². The van der Waals surface area contributed by atoms with Crippen molar-refractivity contribution in [1.29, 1.82) is 0 Å². The van der Waals surface area contributed by atoms with Crippen LogP contribution < -0.4 is 9.64 Å². The summed E-state index contributed by atoms with van der Waals surface area (Å²) in [4.78, 5) is 30.3. The number of piperazine rings is 1. The summed E-state index contributed by atoms with van der Waals surface area (Å²) < 4.78 is 5.30.